The predicted molar refractivity (Wildman–Crippen MR) is 126 cm³/mol. The van der Waals surface area contributed by atoms with Crippen molar-refractivity contribution >= 4 is 0 Å². The van der Waals surface area contributed by atoms with Crippen LogP contribution in [0.1, 0.15) is 105 Å². The Kier molecular flexibility index (Phi) is 9.09. The Balaban J connectivity index is 2.01. The van der Waals surface area contributed by atoms with Crippen LogP contribution in [-0.2, 0) is 4.74 Å². The van der Waals surface area contributed by atoms with Gasteiger partial charge in [0.2, 0.25) is 0 Å². The molecule has 30 heavy (non-hydrogen) atoms. The van der Waals surface area contributed by atoms with E-state index < -0.39 is 0 Å². The normalized spacial score (nSPS) is 18.1. The van der Waals surface area contributed by atoms with Crippen molar-refractivity contribution in [2.24, 2.45) is 16.7 Å². The second kappa shape index (κ2) is 10.9. The van der Waals surface area contributed by atoms with Crippen molar-refractivity contribution in [3.63, 3.8) is 0 Å². The molecule has 1 aromatic carbocycles. The Morgan fingerprint density at radius 3 is 2.20 bits per heavy atom. The quantitative estimate of drug-likeness (QED) is 0.380. The molecular formula is C27H46O3. The summed E-state index contributed by atoms with van der Waals surface area (Å²) in [6.07, 6.45) is 8.87. The Morgan fingerprint density at radius 2 is 1.63 bits per heavy atom. The average Bonchev–Trinajstić information content (AvgIpc) is 2.66. The molecule has 1 saturated carbocycles. The van der Waals surface area contributed by atoms with Gasteiger partial charge in [0.1, 0.15) is 0 Å². The molecule has 3 nitrogen and oxygen atoms in total. The molecule has 0 spiro atoms. The van der Waals surface area contributed by atoms with E-state index in [0.29, 0.717) is 5.92 Å². The van der Waals surface area contributed by atoms with E-state index >= 15 is 0 Å². The summed E-state index contributed by atoms with van der Waals surface area (Å²) in [7, 11) is 1.72. The monoisotopic (exact) mass is 418 g/mol. The van der Waals surface area contributed by atoms with Gasteiger partial charge in [-0.1, -0.05) is 79.7 Å². The van der Waals surface area contributed by atoms with Gasteiger partial charge in [0.15, 0.2) is 17.8 Å². The van der Waals surface area contributed by atoms with Gasteiger partial charge in [-0.15, -0.1) is 0 Å². The summed E-state index contributed by atoms with van der Waals surface area (Å²) in [5.41, 5.74) is 1.75. The van der Waals surface area contributed by atoms with E-state index in [4.69, 9.17) is 14.2 Å². The highest BCUT2D eigenvalue weighted by atomic mass is 16.7. The SMILES string of the molecule is COc1cc(C(CC(C)(C)C)C(C)(C)C)ccc1OC(C)OCCC1CCCCC1. The van der Waals surface area contributed by atoms with Crippen molar-refractivity contribution in [2.45, 2.75) is 106 Å². The van der Waals surface area contributed by atoms with E-state index in [1.54, 1.807) is 7.11 Å². The van der Waals surface area contributed by atoms with Crippen LogP contribution in [0.15, 0.2) is 18.2 Å². The lowest BCUT2D eigenvalue weighted by atomic mass is 9.69. The van der Waals surface area contributed by atoms with Gasteiger partial charge in [0, 0.05) is 0 Å². The summed E-state index contributed by atoms with van der Waals surface area (Å²) in [6, 6.07) is 6.41. The van der Waals surface area contributed by atoms with Crippen LogP contribution in [0.3, 0.4) is 0 Å². The number of hydrogen-bond acceptors (Lipinski definition) is 3. The molecule has 0 bridgehead atoms. The van der Waals surface area contributed by atoms with Crippen molar-refractivity contribution in [1.29, 1.82) is 0 Å². The number of methoxy groups -OCH3 is 1. The smallest absolute Gasteiger partial charge is 0.197 e. The van der Waals surface area contributed by atoms with Crippen LogP contribution in [0.4, 0.5) is 0 Å². The summed E-state index contributed by atoms with van der Waals surface area (Å²) < 4.78 is 17.8. The Bertz CT molecular complexity index is 632. The number of ether oxygens (including phenoxy) is 3. The zero-order chi connectivity index (χ0) is 22.4. The zero-order valence-electron chi connectivity index (χ0n) is 20.8. The van der Waals surface area contributed by atoms with Crippen molar-refractivity contribution in [1.82, 2.24) is 0 Å². The van der Waals surface area contributed by atoms with Crippen LogP contribution < -0.4 is 9.47 Å². The lowest BCUT2D eigenvalue weighted by Gasteiger charge is -2.36. The van der Waals surface area contributed by atoms with E-state index in [-0.39, 0.29) is 17.1 Å². The second-order valence-corrected chi connectivity index (χ2v) is 11.4. The fourth-order valence-electron chi connectivity index (χ4n) is 4.62. The second-order valence-electron chi connectivity index (χ2n) is 11.4. The third-order valence-corrected chi connectivity index (χ3v) is 6.35. The maximum absolute atomic E-state index is 6.10. The third kappa shape index (κ3) is 8.13. The summed E-state index contributed by atoms with van der Waals surface area (Å²) in [6.45, 7) is 16.6. The standard InChI is InChI=1S/C27H46O3/c1-20(29-17-16-21-12-10-9-11-13-21)30-24-15-14-22(18-25(24)28-8)23(27(5,6)7)19-26(2,3)4/h14-15,18,20-21,23H,9-13,16-17,19H2,1-8H3. The van der Waals surface area contributed by atoms with E-state index in [1.807, 2.05) is 6.92 Å². The van der Waals surface area contributed by atoms with Gasteiger partial charge in [0.25, 0.3) is 0 Å². The van der Waals surface area contributed by atoms with Gasteiger partial charge >= 0.3 is 0 Å². The molecule has 0 aromatic heterocycles. The van der Waals surface area contributed by atoms with E-state index in [1.165, 1.54) is 37.7 Å². The predicted octanol–water partition coefficient (Wildman–Crippen LogP) is 7.97. The first-order chi connectivity index (χ1) is 14.0. The number of hydrogen-bond donors (Lipinski definition) is 0. The Hall–Kier alpha value is -1.22. The summed E-state index contributed by atoms with van der Waals surface area (Å²) in [5, 5.41) is 0. The molecule has 0 amide bonds. The van der Waals surface area contributed by atoms with Crippen LogP contribution in [0.25, 0.3) is 0 Å². The highest BCUT2D eigenvalue weighted by Gasteiger charge is 2.31. The molecule has 0 aliphatic heterocycles. The molecule has 2 rings (SSSR count). The molecule has 3 heteroatoms. The summed E-state index contributed by atoms with van der Waals surface area (Å²) >= 11 is 0. The van der Waals surface area contributed by atoms with Gasteiger partial charge in [-0.25, -0.2) is 0 Å². The van der Waals surface area contributed by atoms with Crippen molar-refractivity contribution in [3.8, 4) is 11.5 Å². The van der Waals surface area contributed by atoms with Crippen molar-refractivity contribution in [2.75, 3.05) is 13.7 Å². The average molecular weight is 419 g/mol. The number of benzene rings is 1. The molecule has 0 radical (unpaired) electrons. The van der Waals surface area contributed by atoms with Gasteiger partial charge < -0.3 is 14.2 Å². The molecule has 2 atom stereocenters. The molecule has 1 aromatic rings. The fourth-order valence-corrected chi connectivity index (χ4v) is 4.62. The lowest BCUT2D eigenvalue weighted by molar-refractivity contribution is -0.0720. The van der Waals surface area contributed by atoms with Crippen LogP contribution >= 0.6 is 0 Å². The van der Waals surface area contributed by atoms with Gasteiger partial charge in [-0.05, 0) is 60.1 Å². The molecule has 1 fully saturated rings. The molecule has 1 aliphatic carbocycles. The van der Waals surface area contributed by atoms with E-state index in [0.717, 1.165) is 36.9 Å². The highest BCUT2D eigenvalue weighted by Crippen LogP contribution is 2.45. The van der Waals surface area contributed by atoms with Crippen LogP contribution in [0, 0.1) is 16.7 Å². The largest absolute Gasteiger partial charge is 0.493 e. The molecule has 0 heterocycles. The van der Waals surface area contributed by atoms with Crippen molar-refractivity contribution < 1.29 is 14.2 Å². The minimum atomic E-state index is -0.277. The first-order valence-corrected chi connectivity index (χ1v) is 12.0. The Morgan fingerprint density at radius 1 is 0.967 bits per heavy atom. The molecule has 172 valence electrons. The summed E-state index contributed by atoms with van der Waals surface area (Å²) in [4.78, 5) is 0. The molecule has 0 N–H and O–H groups in total. The maximum Gasteiger partial charge on any atom is 0.197 e. The minimum absolute atomic E-state index is 0.177. The minimum Gasteiger partial charge on any atom is -0.493 e. The van der Waals surface area contributed by atoms with Gasteiger partial charge in [0.05, 0.1) is 13.7 Å². The first kappa shape index (κ1) is 25.0. The fraction of sp³-hybridized carbons (Fsp3) is 0.778. The Labute approximate surface area is 185 Å². The van der Waals surface area contributed by atoms with Crippen LogP contribution in [-0.4, -0.2) is 20.0 Å². The maximum atomic E-state index is 6.10. The topological polar surface area (TPSA) is 27.7 Å². The van der Waals surface area contributed by atoms with Crippen molar-refractivity contribution in [3.05, 3.63) is 23.8 Å². The summed E-state index contributed by atoms with van der Waals surface area (Å²) in [5.74, 6) is 2.83. The van der Waals surface area contributed by atoms with Gasteiger partial charge in [-0.3, -0.25) is 0 Å². The highest BCUT2D eigenvalue weighted by molar-refractivity contribution is 5.44. The lowest BCUT2D eigenvalue weighted by Crippen LogP contribution is -2.24. The van der Waals surface area contributed by atoms with E-state index in [2.05, 4.69) is 59.7 Å². The number of rotatable bonds is 9. The zero-order valence-corrected chi connectivity index (χ0v) is 20.8. The molecule has 0 saturated heterocycles. The molecule has 1 aliphatic rings. The molecular weight excluding hydrogens is 372 g/mol. The van der Waals surface area contributed by atoms with E-state index in [9.17, 15) is 0 Å². The van der Waals surface area contributed by atoms with Crippen LogP contribution in [0.2, 0.25) is 0 Å². The van der Waals surface area contributed by atoms with Gasteiger partial charge in [-0.2, -0.15) is 0 Å². The third-order valence-electron chi connectivity index (χ3n) is 6.35. The molecule has 2 unspecified atom stereocenters. The van der Waals surface area contributed by atoms with Crippen LogP contribution in [0.5, 0.6) is 11.5 Å². The first-order valence-electron chi connectivity index (χ1n) is 12.0.